The maximum absolute atomic E-state index is 13.9. The van der Waals surface area contributed by atoms with Crippen molar-refractivity contribution in [2.24, 2.45) is 0 Å². The topological polar surface area (TPSA) is 83.0 Å². The monoisotopic (exact) mass is 505 g/mol. The Labute approximate surface area is 215 Å². The van der Waals surface area contributed by atoms with Crippen LogP contribution in [-0.4, -0.2) is 65.4 Å². The van der Waals surface area contributed by atoms with Crippen LogP contribution in [0.3, 0.4) is 0 Å². The maximum Gasteiger partial charge on any atom is 0.290 e. The predicted octanol–water partition coefficient (Wildman–Crippen LogP) is 5.05. The number of rotatable bonds is 10. The lowest BCUT2D eigenvalue weighted by Crippen LogP contribution is -2.33. The number of ketones is 1. The minimum atomic E-state index is -0.690. The van der Waals surface area contributed by atoms with Crippen molar-refractivity contribution in [3.63, 3.8) is 0 Å². The lowest BCUT2D eigenvalue weighted by atomic mass is 9.95. The fraction of sp³-hybridized carbons (Fsp3) is 0.321. The molecule has 4 rings (SSSR count). The summed E-state index contributed by atoms with van der Waals surface area (Å²) < 4.78 is 5.57. The van der Waals surface area contributed by atoms with E-state index in [2.05, 4.69) is 4.98 Å². The van der Waals surface area contributed by atoms with Crippen LogP contribution in [0, 0.1) is 6.92 Å². The molecule has 0 radical (unpaired) electrons. The van der Waals surface area contributed by atoms with Crippen LogP contribution in [0.15, 0.2) is 65.9 Å². The number of aliphatic hydroxyl groups is 1. The molecule has 7 nitrogen and oxygen atoms in total. The Hall–Kier alpha value is -3.49. The number of hydrogen-bond donors (Lipinski definition) is 1. The second kappa shape index (κ2) is 11.1. The molecule has 1 aliphatic heterocycles. The number of hydrogen-bond acceptors (Lipinski definition) is 7. The number of benzene rings is 2. The van der Waals surface area contributed by atoms with Gasteiger partial charge in [0.05, 0.1) is 28.8 Å². The van der Waals surface area contributed by atoms with Crippen molar-refractivity contribution >= 4 is 23.0 Å². The summed E-state index contributed by atoms with van der Waals surface area (Å²) in [5.74, 6) is -0.678. The zero-order chi connectivity index (χ0) is 25.8. The Morgan fingerprint density at radius 2 is 1.83 bits per heavy atom. The molecule has 1 atom stereocenters. The van der Waals surface area contributed by atoms with Gasteiger partial charge in [-0.1, -0.05) is 42.5 Å². The van der Waals surface area contributed by atoms with Crippen LogP contribution in [0.5, 0.6) is 5.75 Å². The Morgan fingerprint density at radius 3 is 2.47 bits per heavy atom. The third kappa shape index (κ3) is 5.20. The molecule has 3 aromatic rings. The molecule has 1 amide bonds. The average molecular weight is 506 g/mol. The number of ether oxygens (including phenoxy) is 1. The lowest BCUT2D eigenvalue weighted by Gasteiger charge is -2.27. The first kappa shape index (κ1) is 25.6. The number of Topliss-reactive ketones (excluding diaryl/α,β-unsaturated/α-hetero) is 1. The Balaban J connectivity index is 1.73. The van der Waals surface area contributed by atoms with Gasteiger partial charge in [-0.25, -0.2) is 4.98 Å². The van der Waals surface area contributed by atoms with Crippen molar-refractivity contribution in [1.29, 1.82) is 0 Å². The van der Waals surface area contributed by atoms with Crippen LogP contribution in [0.4, 0.5) is 0 Å². The SMILES string of the molecule is CCOc1ccc(C2C(C(=O)c3sc(-c4ccccc4)nc3C)=C(O)C(=O)N2CCCN(C)C)cc1. The highest BCUT2D eigenvalue weighted by Crippen LogP contribution is 2.41. The lowest BCUT2D eigenvalue weighted by molar-refractivity contribution is -0.129. The van der Waals surface area contributed by atoms with E-state index in [0.717, 1.165) is 22.7 Å². The Kier molecular flexibility index (Phi) is 7.86. The van der Waals surface area contributed by atoms with Crippen molar-refractivity contribution in [3.8, 4) is 16.3 Å². The highest BCUT2D eigenvalue weighted by molar-refractivity contribution is 7.17. The van der Waals surface area contributed by atoms with Gasteiger partial charge in [0.25, 0.3) is 5.91 Å². The van der Waals surface area contributed by atoms with E-state index in [1.807, 2.05) is 80.5 Å². The zero-order valence-corrected chi connectivity index (χ0v) is 21.8. The van der Waals surface area contributed by atoms with E-state index in [-0.39, 0.29) is 11.4 Å². The van der Waals surface area contributed by atoms with Crippen LogP contribution in [0.1, 0.15) is 40.3 Å². The summed E-state index contributed by atoms with van der Waals surface area (Å²) in [5.41, 5.74) is 2.33. The predicted molar refractivity (Wildman–Crippen MR) is 142 cm³/mol. The van der Waals surface area contributed by atoms with Crippen LogP contribution in [0.25, 0.3) is 10.6 Å². The second-order valence-electron chi connectivity index (χ2n) is 8.95. The third-order valence-electron chi connectivity index (χ3n) is 6.08. The highest BCUT2D eigenvalue weighted by Gasteiger charge is 2.44. The van der Waals surface area contributed by atoms with Crippen LogP contribution >= 0.6 is 11.3 Å². The van der Waals surface area contributed by atoms with E-state index < -0.39 is 17.7 Å². The smallest absolute Gasteiger partial charge is 0.290 e. The maximum atomic E-state index is 13.9. The van der Waals surface area contributed by atoms with Gasteiger partial charge in [0, 0.05) is 12.1 Å². The van der Waals surface area contributed by atoms with E-state index >= 15 is 0 Å². The number of aliphatic hydroxyl groups excluding tert-OH is 1. The van der Waals surface area contributed by atoms with E-state index in [1.165, 1.54) is 11.3 Å². The van der Waals surface area contributed by atoms with Crippen molar-refractivity contribution in [2.75, 3.05) is 33.8 Å². The number of thiazole rings is 1. The molecular weight excluding hydrogens is 474 g/mol. The molecule has 188 valence electrons. The normalized spacial score (nSPS) is 15.8. The summed E-state index contributed by atoms with van der Waals surface area (Å²) in [6, 6.07) is 16.3. The largest absolute Gasteiger partial charge is 0.503 e. The first-order valence-corrected chi connectivity index (χ1v) is 12.8. The molecule has 1 aliphatic rings. The molecule has 1 N–H and O–H groups in total. The molecule has 0 bridgehead atoms. The molecule has 0 fully saturated rings. The van der Waals surface area contributed by atoms with Crippen molar-refractivity contribution < 1.29 is 19.4 Å². The summed E-state index contributed by atoms with van der Waals surface area (Å²) in [7, 11) is 3.94. The van der Waals surface area contributed by atoms with Crippen LogP contribution < -0.4 is 4.74 Å². The number of carbonyl (C=O) groups is 2. The standard InChI is InChI=1S/C28H31N3O4S/c1-5-35-21-14-12-19(13-15-21)23-22(25(33)28(34)31(23)17-9-16-30(3)4)24(32)26-18(2)29-27(36-26)20-10-7-6-8-11-20/h6-8,10-15,23,33H,5,9,16-17H2,1-4H3. The summed E-state index contributed by atoms with van der Waals surface area (Å²) in [4.78, 5) is 35.8. The summed E-state index contributed by atoms with van der Waals surface area (Å²) in [6.07, 6.45) is 0.707. The Bertz CT molecular complexity index is 1270. The molecule has 1 aromatic heterocycles. The molecule has 0 spiro atoms. The molecule has 2 aromatic carbocycles. The highest BCUT2D eigenvalue weighted by atomic mass is 32.1. The van der Waals surface area contributed by atoms with E-state index in [1.54, 1.807) is 11.8 Å². The second-order valence-corrected chi connectivity index (χ2v) is 9.95. The minimum absolute atomic E-state index is 0.0976. The fourth-order valence-electron chi connectivity index (χ4n) is 4.37. The summed E-state index contributed by atoms with van der Waals surface area (Å²) in [5, 5.41) is 11.7. The first-order valence-electron chi connectivity index (χ1n) is 12.0. The van der Waals surface area contributed by atoms with Crippen LogP contribution in [0.2, 0.25) is 0 Å². The summed E-state index contributed by atoms with van der Waals surface area (Å²) >= 11 is 1.28. The number of aryl methyl sites for hydroxylation is 1. The van der Waals surface area contributed by atoms with Gasteiger partial charge in [-0.05, 0) is 58.6 Å². The Morgan fingerprint density at radius 1 is 1.14 bits per heavy atom. The molecule has 36 heavy (non-hydrogen) atoms. The van der Waals surface area contributed by atoms with Gasteiger partial charge < -0.3 is 19.6 Å². The van der Waals surface area contributed by atoms with Crippen molar-refractivity contribution in [1.82, 2.24) is 14.8 Å². The van der Waals surface area contributed by atoms with E-state index in [9.17, 15) is 14.7 Å². The number of nitrogens with zero attached hydrogens (tertiary/aromatic N) is 3. The van der Waals surface area contributed by atoms with Gasteiger partial charge in [-0.3, -0.25) is 9.59 Å². The first-order chi connectivity index (χ1) is 17.3. The molecule has 2 heterocycles. The van der Waals surface area contributed by atoms with Crippen molar-refractivity contribution in [2.45, 2.75) is 26.3 Å². The van der Waals surface area contributed by atoms with Gasteiger partial charge in [0.2, 0.25) is 5.78 Å². The molecule has 1 unspecified atom stereocenters. The van der Waals surface area contributed by atoms with Crippen LogP contribution in [-0.2, 0) is 4.79 Å². The molecular formula is C28H31N3O4S. The van der Waals surface area contributed by atoms with Crippen molar-refractivity contribution in [3.05, 3.63) is 82.1 Å². The third-order valence-corrected chi connectivity index (χ3v) is 7.29. The van der Waals surface area contributed by atoms with Gasteiger partial charge >= 0.3 is 0 Å². The average Bonchev–Trinajstić information content (AvgIpc) is 3.38. The summed E-state index contributed by atoms with van der Waals surface area (Å²) in [6.45, 7) is 5.42. The zero-order valence-electron chi connectivity index (χ0n) is 21.0. The number of amides is 1. The molecule has 0 aliphatic carbocycles. The number of carbonyl (C=O) groups excluding carboxylic acids is 2. The van der Waals surface area contributed by atoms with Gasteiger partial charge in [-0.15, -0.1) is 11.3 Å². The molecule has 0 saturated heterocycles. The van der Waals surface area contributed by atoms with Gasteiger partial charge in [0.15, 0.2) is 5.76 Å². The van der Waals surface area contributed by atoms with E-state index in [0.29, 0.717) is 35.9 Å². The molecule has 0 saturated carbocycles. The van der Waals surface area contributed by atoms with Gasteiger partial charge in [0.1, 0.15) is 10.8 Å². The molecule has 8 heteroatoms. The van der Waals surface area contributed by atoms with Gasteiger partial charge in [-0.2, -0.15) is 0 Å². The number of aromatic nitrogens is 1. The minimum Gasteiger partial charge on any atom is -0.503 e. The quantitative estimate of drug-likeness (QED) is 0.389. The van der Waals surface area contributed by atoms with E-state index in [4.69, 9.17) is 4.74 Å². The fourth-order valence-corrected chi connectivity index (χ4v) is 5.39.